The summed E-state index contributed by atoms with van der Waals surface area (Å²) in [5.74, 6) is -0.304. The smallest absolute Gasteiger partial charge is 0.407 e. The molecule has 4 rings (SSSR count). The monoisotopic (exact) mass is 408 g/mol. The number of esters is 1. The zero-order valence-corrected chi connectivity index (χ0v) is 17.6. The number of hydrogen-bond donors (Lipinski definition) is 1. The molecule has 6 heteroatoms. The molecule has 2 aliphatic rings. The van der Waals surface area contributed by atoms with Crippen molar-refractivity contribution in [1.82, 2.24) is 9.80 Å². The highest BCUT2D eigenvalue weighted by atomic mass is 16.5. The Hall–Kier alpha value is -2.86. The van der Waals surface area contributed by atoms with Crippen molar-refractivity contribution >= 4 is 12.1 Å². The Kier molecular flexibility index (Phi) is 5.52. The van der Waals surface area contributed by atoms with Gasteiger partial charge in [-0.05, 0) is 49.9 Å². The van der Waals surface area contributed by atoms with E-state index in [0.717, 1.165) is 24.0 Å². The summed E-state index contributed by atoms with van der Waals surface area (Å²) >= 11 is 0. The minimum absolute atomic E-state index is 0.292. The van der Waals surface area contributed by atoms with Crippen molar-refractivity contribution in [2.75, 3.05) is 32.8 Å². The van der Waals surface area contributed by atoms with Crippen LogP contribution in [-0.4, -0.2) is 65.3 Å². The summed E-state index contributed by atoms with van der Waals surface area (Å²) in [7, 11) is 0. The number of carbonyl (C=O) groups excluding carboxylic acids is 1. The zero-order chi connectivity index (χ0) is 21.3. The number of carboxylic acid groups (broad SMARTS) is 1. The van der Waals surface area contributed by atoms with Gasteiger partial charge in [0.15, 0.2) is 0 Å². The van der Waals surface area contributed by atoms with Crippen LogP contribution in [0.4, 0.5) is 4.79 Å². The second-order valence-corrected chi connectivity index (χ2v) is 8.56. The Morgan fingerprint density at radius 3 is 2.07 bits per heavy atom. The molecule has 1 aliphatic carbocycles. The van der Waals surface area contributed by atoms with Crippen LogP contribution in [0.1, 0.15) is 32.6 Å². The number of rotatable bonds is 4. The highest BCUT2D eigenvalue weighted by Gasteiger charge is 2.44. The van der Waals surface area contributed by atoms with Gasteiger partial charge in [-0.25, -0.2) is 9.59 Å². The number of benzene rings is 2. The van der Waals surface area contributed by atoms with Crippen LogP contribution < -0.4 is 0 Å². The molecule has 2 aromatic rings. The van der Waals surface area contributed by atoms with Gasteiger partial charge < -0.3 is 14.7 Å². The summed E-state index contributed by atoms with van der Waals surface area (Å²) in [6.45, 7) is 6.46. The molecule has 0 radical (unpaired) electrons. The van der Waals surface area contributed by atoms with E-state index in [2.05, 4.69) is 17.0 Å². The van der Waals surface area contributed by atoms with Gasteiger partial charge in [-0.1, -0.05) is 41.5 Å². The van der Waals surface area contributed by atoms with Crippen molar-refractivity contribution in [3.05, 3.63) is 70.3 Å². The molecule has 1 fully saturated rings. The van der Waals surface area contributed by atoms with Crippen molar-refractivity contribution in [3.8, 4) is 0 Å². The van der Waals surface area contributed by atoms with Crippen molar-refractivity contribution in [1.29, 1.82) is 0 Å². The Morgan fingerprint density at radius 2 is 1.53 bits per heavy atom. The summed E-state index contributed by atoms with van der Waals surface area (Å²) < 4.78 is 5.87. The summed E-state index contributed by atoms with van der Waals surface area (Å²) in [5, 5.41) is 9.28. The Morgan fingerprint density at radius 1 is 0.967 bits per heavy atom. The first-order chi connectivity index (χ1) is 14.4. The molecule has 0 saturated carbocycles. The van der Waals surface area contributed by atoms with E-state index in [4.69, 9.17) is 4.74 Å². The number of amides is 1. The maximum Gasteiger partial charge on any atom is 0.407 e. The fourth-order valence-corrected chi connectivity index (χ4v) is 4.84. The maximum absolute atomic E-state index is 12.8. The van der Waals surface area contributed by atoms with E-state index < -0.39 is 6.09 Å². The molecular formula is C24H28N2O4. The van der Waals surface area contributed by atoms with Gasteiger partial charge in [0.1, 0.15) is 6.61 Å². The number of carbonyl (C=O) groups is 2. The molecule has 30 heavy (non-hydrogen) atoms. The number of nitrogens with zero attached hydrogens (tertiary/aromatic N) is 2. The molecule has 1 heterocycles. The first kappa shape index (κ1) is 20.4. The quantitative estimate of drug-likeness (QED) is 0.786. The van der Waals surface area contributed by atoms with Gasteiger partial charge in [0, 0.05) is 26.2 Å². The zero-order valence-electron chi connectivity index (χ0n) is 17.6. The highest BCUT2D eigenvalue weighted by Crippen LogP contribution is 2.36. The highest BCUT2D eigenvalue weighted by molar-refractivity contribution is 5.89. The Bertz CT molecular complexity index is 918. The number of piperazine rings is 1. The fraction of sp³-hybridized carbons (Fsp3) is 0.417. The minimum atomic E-state index is -0.875. The first-order valence-corrected chi connectivity index (χ1v) is 10.4. The summed E-state index contributed by atoms with van der Waals surface area (Å²) in [6, 6.07) is 14.1. The number of aryl methyl sites for hydroxylation is 2. The lowest BCUT2D eigenvalue weighted by molar-refractivity contribution is -0.0145. The molecule has 1 aliphatic heterocycles. The van der Waals surface area contributed by atoms with Crippen molar-refractivity contribution in [2.45, 2.75) is 32.2 Å². The maximum atomic E-state index is 12.8. The topological polar surface area (TPSA) is 70.1 Å². The lowest BCUT2D eigenvalue weighted by atomic mass is 9.93. The number of fused-ring (bicyclic) bond motifs is 1. The molecular weight excluding hydrogens is 380 g/mol. The van der Waals surface area contributed by atoms with E-state index in [1.54, 1.807) is 0 Å². The van der Waals surface area contributed by atoms with Crippen molar-refractivity contribution in [2.24, 2.45) is 0 Å². The molecule has 158 valence electrons. The van der Waals surface area contributed by atoms with Crippen LogP contribution in [-0.2, 0) is 17.6 Å². The van der Waals surface area contributed by atoms with Crippen molar-refractivity contribution < 1.29 is 19.4 Å². The molecule has 1 N–H and O–H groups in total. The molecule has 1 saturated heterocycles. The molecule has 2 aromatic carbocycles. The van der Waals surface area contributed by atoms with E-state index in [1.807, 2.05) is 44.2 Å². The van der Waals surface area contributed by atoms with Gasteiger partial charge in [-0.15, -0.1) is 0 Å². The fourth-order valence-electron chi connectivity index (χ4n) is 4.84. The van der Waals surface area contributed by atoms with E-state index in [-0.39, 0.29) is 11.5 Å². The Labute approximate surface area is 177 Å². The summed E-state index contributed by atoms with van der Waals surface area (Å²) in [5.41, 5.74) is 4.88. The molecule has 0 unspecified atom stereocenters. The standard InChI is InChI=1S/C24H28N2O4/c1-17-11-18(2)13-21(12-17)22(27)30-16-24(14-19-5-3-4-6-20(19)15-24)26-9-7-25(8-10-26)23(28)29/h3-6,11-13H,7-10,14-16H2,1-2H3,(H,28,29). The molecule has 0 spiro atoms. The third kappa shape index (κ3) is 4.05. The second kappa shape index (κ2) is 8.11. The lowest BCUT2D eigenvalue weighted by Crippen LogP contribution is -2.60. The van der Waals surface area contributed by atoms with Crippen LogP contribution in [0.15, 0.2) is 42.5 Å². The predicted octanol–water partition coefficient (Wildman–Crippen LogP) is 3.29. The van der Waals surface area contributed by atoms with Gasteiger partial charge in [-0.2, -0.15) is 0 Å². The normalized spacial score (nSPS) is 18.1. The lowest BCUT2D eigenvalue weighted by Gasteiger charge is -2.45. The molecule has 0 bridgehead atoms. The van der Waals surface area contributed by atoms with Crippen LogP contribution in [0.25, 0.3) is 0 Å². The van der Waals surface area contributed by atoms with E-state index in [9.17, 15) is 14.7 Å². The molecule has 6 nitrogen and oxygen atoms in total. The second-order valence-electron chi connectivity index (χ2n) is 8.56. The Balaban J connectivity index is 1.53. The molecule has 1 amide bonds. The van der Waals surface area contributed by atoms with Crippen molar-refractivity contribution in [3.63, 3.8) is 0 Å². The average molecular weight is 408 g/mol. The molecule has 0 aromatic heterocycles. The first-order valence-electron chi connectivity index (χ1n) is 10.4. The number of ether oxygens (including phenoxy) is 1. The van der Waals surface area contributed by atoms with Gasteiger partial charge >= 0.3 is 12.1 Å². The number of hydrogen-bond acceptors (Lipinski definition) is 4. The van der Waals surface area contributed by atoms with Crippen LogP contribution in [0.2, 0.25) is 0 Å². The third-order valence-electron chi connectivity index (χ3n) is 6.31. The van der Waals surface area contributed by atoms with E-state index in [0.29, 0.717) is 38.3 Å². The minimum Gasteiger partial charge on any atom is -0.465 e. The summed E-state index contributed by atoms with van der Waals surface area (Å²) in [4.78, 5) is 27.9. The van der Waals surface area contributed by atoms with E-state index >= 15 is 0 Å². The predicted molar refractivity (Wildman–Crippen MR) is 114 cm³/mol. The van der Waals surface area contributed by atoms with E-state index in [1.165, 1.54) is 16.0 Å². The van der Waals surface area contributed by atoms with Gasteiger partial charge in [0.05, 0.1) is 11.1 Å². The van der Waals surface area contributed by atoms with Gasteiger partial charge in [0.2, 0.25) is 0 Å². The SMILES string of the molecule is Cc1cc(C)cc(C(=O)OCC2(N3CCN(C(=O)O)CC3)Cc3ccccc3C2)c1. The van der Waals surface area contributed by atoms with Gasteiger partial charge in [0.25, 0.3) is 0 Å². The van der Waals surface area contributed by atoms with Crippen LogP contribution in [0.5, 0.6) is 0 Å². The van der Waals surface area contributed by atoms with Crippen LogP contribution in [0, 0.1) is 13.8 Å². The van der Waals surface area contributed by atoms with Gasteiger partial charge in [-0.3, -0.25) is 4.90 Å². The largest absolute Gasteiger partial charge is 0.465 e. The van der Waals surface area contributed by atoms with Crippen LogP contribution >= 0.6 is 0 Å². The average Bonchev–Trinajstić information content (AvgIpc) is 3.11. The summed E-state index contributed by atoms with van der Waals surface area (Å²) in [6.07, 6.45) is 0.729. The molecule has 0 atom stereocenters. The van der Waals surface area contributed by atoms with Crippen LogP contribution in [0.3, 0.4) is 0 Å². The third-order valence-corrected chi connectivity index (χ3v) is 6.31.